The van der Waals surface area contributed by atoms with Gasteiger partial charge in [0.2, 0.25) is 0 Å². The molecule has 7 nitrogen and oxygen atoms in total. The summed E-state index contributed by atoms with van der Waals surface area (Å²) in [5.74, 6) is -0.685. The van der Waals surface area contributed by atoms with Crippen LogP contribution in [0.2, 0.25) is 0 Å². The van der Waals surface area contributed by atoms with Gasteiger partial charge in [-0.05, 0) is 12.1 Å². The Morgan fingerprint density at radius 3 is 2.50 bits per heavy atom. The monoisotopic (exact) mass is 271 g/mol. The van der Waals surface area contributed by atoms with E-state index in [1.54, 1.807) is 12.1 Å². The van der Waals surface area contributed by atoms with Crippen LogP contribution >= 0.6 is 0 Å². The lowest BCUT2D eigenvalue weighted by atomic mass is 10.4. The van der Waals surface area contributed by atoms with Gasteiger partial charge >= 0.3 is 0 Å². The highest BCUT2D eigenvalue weighted by molar-refractivity contribution is 5.90. The second-order valence-corrected chi connectivity index (χ2v) is 3.14. The highest BCUT2D eigenvalue weighted by atomic mass is 16.3. The van der Waals surface area contributed by atoms with Crippen molar-refractivity contribution in [2.75, 3.05) is 0 Å². The molecule has 0 aromatic carbocycles. The van der Waals surface area contributed by atoms with Gasteiger partial charge < -0.3 is 10.2 Å². The number of aromatic nitrogens is 4. The Balaban J connectivity index is 3.25. The van der Waals surface area contributed by atoms with Gasteiger partial charge in [-0.2, -0.15) is 0 Å². The number of nitrogens with two attached hydrogens (primary N) is 1. The Morgan fingerprint density at radius 1 is 0.900 bits per heavy atom. The van der Waals surface area contributed by atoms with Gasteiger partial charge in [0.15, 0.2) is 0 Å². The Hall–Kier alpha value is -3.09. The zero-order chi connectivity index (χ0) is 14.5. The van der Waals surface area contributed by atoms with Gasteiger partial charge in [-0.25, -0.2) is 4.98 Å². The van der Waals surface area contributed by atoms with E-state index in [4.69, 9.17) is 10.2 Å². The summed E-state index contributed by atoms with van der Waals surface area (Å²) in [6.07, 6.45) is 12.7. The molecule has 0 fully saturated rings. The highest BCUT2D eigenvalue weighted by Crippen LogP contribution is 1.82. The Morgan fingerprint density at radius 2 is 1.65 bits per heavy atom. The molecule has 0 aliphatic rings. The predicted octanol–water partition coefficient (Wildman–Crippen LogP) is 1.33. The molecule has 2 N–H and O–H groups in total. The molecule has 0 radical (unpaired) electrons. The minimum atomic E-state index is -0.685. The summed E-state index contributed by atoms with van der Waals surface area (Å²) in [7, 11) is 0. The molecule has 1 amide bonds. The fourth-order valence-electron chi connectivity index (χ4n) is 0.909. The Bertz CT molecular complexity index is 554. The topological polar surface area (TPSA) is 108 Å². The molecule has 0 saturated carbocycles. The van der Waals surface area contributed by atoms with Gasteiger partial charge in [-0.1, -0.05) is 0 Å². The van der Waals surface area contributed by atoms with Crippen LogP contribution in [0.3, 0.4) is 0 Å². The Labute approximate surface area is 115 Å². The number of rotatable bonds is 1. The minimum absolute atomic E-state index is 0.0100. The molecule has 1 aromatic rings. The van der Waals surface area contributed by atoms with Gasteiger partial charge in [0.1, 0.15) is 12.0 Å². The van der Waals surface area contributed by atoms with Crippen molar-refractivity contribution in [1.82, 2.24) is 19.9 Å². The maximum Gasteiger partial charge on any atom is 0.268 e. The summed E-state index contributed by atoms with van der Waals surface area (Å²) in [6.45, 7) is 0. The minimum Gasteiger partial charge on any atom is -0.471 e. The van der Waals surface area contributed by atoms with Crippen molar-refractivity contribution in [3.05, 3.63) is 73.7 Å². The van der Waals surface area contributed by atoms with Crippen LogP contribution in [0, 0.1) is 0 Å². The molecule has 0 aliphatic carbocycles. The zero-order valence-electron chi connectivity index (χ0n) is 10.5. The first-order valence-corrected chi connectivity index (χ1v) is 5.53. The summed E-state index contributed by atoms with van der Waals surface area (Å²) in [5.41, 5.74) is 5.16. The van der Waals surface area contributed by atoms with Gasteiger partial charge in [-0.15, -0.1) is 0 Å². The van der Waals surface area contributed by atoms with Crippen LogP contribution in [0.1, 0.15) is 10.5 Å². The van der Waals surface area contributed by atoms with Crippen LogP contribution in [-0.2, 0) is 0 Å². The van der Waals surface area contributed by atoms with Gasteiger partial charge in [0.25, 0.3) is 5.91 Å². The van der Waals surface area contributed by atoms with Gasteiger partial charge in [0.05, 0.1) is 18.7 Å². The third kappa shape index (κ3) is 7.28. The standard InChI is InChI=1S/C13H13N5O2/c14-13(19)12-11-17-4-1-3-15-5-2-9-20-10-8-16-6-7-18-12/h1-11H,(H2,14,19). The lowest BCUT2D eigenvalue weighted by Gasteiger charge is -1.85. The van der Waals surface area contributed by atoms with Crippen LogP contribution in [-0.4, -0.2) is 25.8 Å². The molecule has 0 atom stereocenters. The molecule has 7 heteroatoms. The summed E-state index contributed by atoms with van der Waals surface area (Å²) in [5, 5.41) is 0. The van der Waals surface area contributed by atoms with Crippen LogP contribution < -0.4 is 5.73 Å². The average molecular weight is 271 g/mol. The normalized spacial score (nSPS) is 8.40. The molecule has 0 bridgehead atoms. The van der Waals surface area contributed by atoms with E-state index in [2.05, 4.69) is 19.9 Å². The van der Waals surface area contributed by atoms with Crippen molar-refractivity contribution in [3.8, 4) is 0 Å². The molecule has 0 spiro atoms. The summed E-state index contributed by atoms with van der Waals surface area (Å²) in [6, 6.07) is 3.20. The number of nitrogens with zero attached hydrogens (tertiary/aromatic N) is 4. The number of hydrogen-bond acceptors (Lipinski definition) is 6. The van der Waals surface area contributed by atoms with Crippen LogP contribution in [0.25, 0.3) is 0 Å². The van der Waals surface area contributed by atoms with Crippen LogP contribution in [0.4, 0.5) is 0 Å². The molecule has 102 valence electrons. The maximum atomic E-state index is 11.1. The SMILES string of the molecule is NC(=O)c1cncccncccoccnccn1. The van der Waals surface area contributed by atoms with E-state index < -0.39 is 5.91 Å². The lowest BCUT2D eigenvalue weighted by molar-refractivity contribution is 0.0995. The number of carbonyl (C=O) groups excluding carboxylic acids is 1. The van der Waals surface area contributed by atoms with Crippen LogP contribution in [0.5, 0.6) is 0 Å². The first-order chi connectivity index (χ1) is 9.80. The molecule has 0 aliphatic heterocycles. The van der Waals surface area contributed by atoms with Crippen LogP contribution in [0.15, 0.2) is 72.5 Å². The molecular formula is C13H13N5O2. The summed E-state index contributed by atoms with van der Waals surface area (Å²) >= 11 is 0. The van der Waals surface area contributed by atoms with E-state index in [1.165, 1.54) is 55.9 Å². The number of amides is 1. The third-order valence-electron chi connectivity index (χ3n) is 1.71. The van der Waals surface area contributed by atoms with Crippen molar-refractivity contribution >= 4 is 5.91 Å². The third-order valence-corrected chi connectivity index (χ3v) is 1.71. The van der Waals surface area contributed by atoms with E-state index in [0.29, 0.717) is 0 Å². The van der Waals surface area contributed by atoms with E-state index >= 15 is 0 Å². The highest BCUT2D eigenvalue weighted by Gasteiger charge is 1.95. The van der Waals surface area contributed by atoms with Gasteiger partial charge in [0, 0.05) is 31.0 Å². The van der Waals surface area contributed by atoms with E-state index in [1.807, 2.05) is 0 Å². The molecule has 0 unspecified atom stereocenters. The smallest absolute Gasteiger partial charge is 0.268 e. The largest absolute Gasteiger partial charge is 0.471 e. The summed E-state index contributed by atoms with van der Waals surface area (Å²) < 4.78 is 4.97. The van der Waals surface area contributed by atoms with E-state index in [9.17, 15) is 4.79 Å². The fourth-order valence-corrected chi connectivity index (χ4v) is 0.909. The molecule has 0 saturated heterocycles. The Kier molecular flexibility index (Phi) is 7.40. The molecule has 1 aromatic heterocycles. The first kappa shape index (κ1) is 15.0. The first-order valence-electron chi connectivity index (χ1n) is 5.53. The zero-order valence-corrected chi connectivity index (χ0v) is 10.5. The van der Waals surface area contributed by atoms with Crippen molar-refractivity contribution in [2.45, 2.75) is 0 Å². The predicted molar refractivity (Wildman–Crippen MR) is 71.3 cm³/mol. The molecule has 20 heavy (non-hydrogen) atoms. The second-order valence-electron chi connectivity index (χ2n) is 3.14. The van der Waals surface area contributed by atoms with E-state index in [-0.39, 0.29) is 5.69 Å². The molecule has 1 rings (SSSR count). The second kappa shape index (κ2) is 9.89. The lowest BCUT2D eigenvalue weighted by Crippen LogP contribution is -2.12. The van der Waals surface area contributed by atoms with Crippen molar-refractivity contribution in [1.29, 1.82) is 0 Å². The van der Waals surface area contributed by atoms with Crippen molar-refractivity contribution in [2.24, 2.45) is 5.73 Å². The fraction of sp³-hybridized carbons (Fsp3) is 0. The number of primary amides is 1. The quantitative estimate of drug-likeness (QED) is 0.825. The van der Waals surface area contributed by atoms with Crippen molar-refractivity contribution in [3.63, 3.8) is 0 Å². The number of hydrogen-bond donors (Lipinski definition) is 1. The molecular weight excluding hydrogens is 258 g/mol. The molecule has 1 heterocycles. The van der Waals surface area contributed by atoms with Crippen molar-refractivity contribution < 1.29 is 9.21 Å². The summed E-state index contributed by atoms with van der Waals surface area (Å²) in [4.78, 5) is 26.5. The maximum absolute atomic E-state index is 11.1. The average Bonchev–Trinajstić information content (AvgIpc) is 2.43. The van der Waals surface area contributed by atoms with E-state index in [0.717, 1.165) is 0 Å². The number of carbonyl (C=O) groups is 1. The van der Waals surface area contributed by atoms with Gasteiger partial charge in [-0.3, -0.25) is 19.7 Å².